The van der Waals surface area contributed by atoms with Gasteiger partial charge in [-0.15, -0.1) is 0 Å². The van der Waals surface area contributed by atoms with Crippen LogP contribution in [0.15, 0.2) is 0 Å². The second-order valence-electron chi connectivity index (χ2n) is 3.03. The molecule has 98 valence electrons. The molecule has 16 heavy (non-hydrogen) atoms. The molecule has 2 nitrogen and oxygen atoms in total. The Hall–Kier alpha value is -0.640. The molecule has 0 aromatic heterocycles. The molecule has 0 heterocycles. The molecule has 10 heteroatoms. The van der Waals surface area contributed by atoms with Gasteiger partial charge in [0.1, 0.15) is 0 Å². The summed E-state index contributed by atoms with van der Waals surface area (Å²) in [5.41, 5.74) is 0. The van der Waals surface area contributed by atoms with Crippen LogP contribution in [0.3, 0.4) is 0 Å². The molecule has 0 saturated heterocycles. The van der Waals surface area contributed by atoms with Gasteiger partial charge in [-0.25, -0.2) is 0 Å². The third-order valence-corrected chi connectivity index (χ3v) is 1.69. The molecule has 0 aromatic carbocycles. The van der Waals surface area contributed by atoms with Crippen LogP contribution >= 0.6 is 0 Å². The molecule has 0 aliphatic rings. The van der Waals surface area contributed by atoms with Crippen molar-refractivity contribution in [2.75, 3.05) is 0 Å². The SMILES string of the molecule is CC(F)(F)C(F)(F)C(F)(F)C(F)(F)C(O)O. The fourth-order valence-corrected chi connectivity index (χ4v) is 0.647. The number of aliphatic hydroxyl groups excluding tert-OH is 1. The molecular formula is C6H6F8O2. The van der Waals surface area contributed by atoms with Crippen LogP contribution in [0, 0.1) is 0 Å². The molecule has 0 aromatic rings. The van der Waals surface area contributed by atoms with E-state index in [1.54, 1.807) is 0 Å². The van der Waals surface area contributed by atoms with Crippen molar-refractivity contribution in [3.05, 3.63) is 0 Å². The summed E-state index contributed by atoms with van der Waals surface area (Å²) in [6, 6.07) is 0. The van der Waals surface area contributed by atoms with Crippen LogP contribution in [-0.2, 0) is 0 Å². The maximum atomic E-state index is 12.4. The van der Waals surface area contributed by atoms with E-state index in [-0.39, 0.29) is 0 Å². The van der Waals surface area contributed by atoms with Crippen LogP contribution in [0.1, 0.15) is 6.92 Å². The van der Waals surface area contributed by atoms with Crippen molar-refractivity contribution in [3.63, 3.8) is 0 Å². The summed E-state index contributed by atoms with van der Waals surface area (Å²) in [4.78, 5) is 0. The lowest BCUT2D eigenvalue weighted by molar-refractivity contribution is -0.394. The first kappa shape index (κ1) is 15.4. The molecule has 0 spiro atoms. The normalized spacial score (nSPS) is 15.8. The Morgan fingerprint density at radius 3 is 1.25 bits per heavy atom. The summed E-state index contributed by atoms with van der Waals surface area (Å²) in [7, 11) is 0. The maximum Gasteiger partial charge on any atom is 0.383 e. The van der Waals surface area contributed by atoms with Gasteiger partial charge >= 0.3 is 23.7 Å². The fraction of sp³-hybridized carbons (Fsp3) is 1.00. The Kier molecular flexibility index (Phi) is 3.54. The minimum Gasteiger partial charge on any atom is -0.363 e. The molecule has 0 amide bonds. The second-order valence-corrected chi connectivity index (χ2v) is 3.03. The first-order valence-electron chi connectivity index (χ1n) is 3.57. The topological polar surface area (TPSA) is 40.5 Å². The Balaban J connectivity index is 5.53. The van der Waals surface area contributed by atoms with E-state index in [2.05, 4.69) is 0 Å². The van der Waals surface area contributed by atoms with Gasteiger partial charge in [-0.3, -0.25) is 0 Å². The van der Waals surface area contributed by atoms with E-state index < -0.39 is 36.9 Å². The summed E-state index contributed by atoms with van der Waals surface area (Å²) in [5.74, 6) is -24.6. The van der Waals surface area contributed by atoms with Gasteiger partial charge in [0.15, 0.2) is 0 Å². The molecular weight excluding hydrogens is 256 g/mol. The van der Waals surface area contributed by atoms with Gasteiger partial charge in [-0.2, -0.15) is 35.1 Å². The minimum absolute atomic E-state index is 0.694. The minimum atomic E-state index is -6.62. The molecule has 0 bridgehead atoms. The van der Waals surface area contributed by atoms with Crippen molar-refractivity contribution in [1.82, 2.24) is 0 Å². The lowest BCUT2D eigenvalue weighted by Gasteiger charge is -2.35. The zero-order chi connectivity index (χ0) is 13.6. The van der Waals surface area contributed by atoms with E-state index in [4.69, 9.17) is 10.2 Å². The number of hydrogen-bond donors (Lipinski definition) is 2. The molecule has 0 atom stereocenters. The summed E-state index contributed by atoms with van der Waals surface area (Å²) in [6.07, 6.45) is -4.20. The highest BCUT2D eigenvalue weighted by atomic mass is 19.4. The summed E-state index contributed by atoms with van der Waals surface area (Å²) in [6.45, 7) is -0.694. The van der Waals surface area contributed by atoms with Gasteiger partial charge in [0.05, 0.1) is 0 Å². The van der Waals surface area contributed by atoms with E-state index >= 15 is 0 Å². The molecule has 0 saturated carbocycles. The van der Waals surface area contributed by atoms with E-state index in [9.17, 15) is 35.1 Å². The second kappa shape index (κ2) is 3.69. The van der Waals surface area contributed by atoms with Crippen LogP contribution in [0.5, 0.6) is 0 Å². The highest BCUT2D eigenvalue weighted by Gasteiger charge is 2.80. The number of rotatable bonds is 4. The number of alkyl halides is 8. The van der Waals surface area contributed by atoms with Gasteiger partial charge in [-0.1, -0.05) is 0 Å². The largest absolute Gasteiger partial charge is 0.383 e. The molecule has 0 radical (unpaired) electrons. The lowest BCUT2D eigenvalue weighted by Crippen LogP contribution is -2.64. The highest BCUT2D eigenvalue weighted by molar-refractivity contribution is 5.02. The van der Waals surface area contributed by atoms with E-state index in [0.717, 1.165) is 0 Å². The fourth-order valence-electron chi connectivity index (χ4n) is 0.647. The van der Waals surface area contributed by atoms with Gasteiger partial charge in [0, 0.05) is 6.92 Å². The van der Waals surface area contributed by atoms with Crippen molar-refractivity contribution in [1.29, 1.82) is 0 Å². The van der Waals surface area contributed by atoms with Gasteiger partial charge in [0.2, 0.25) is 6.29 Å². The molecule has 0 aliphatic carbocycles. The quantitative estimate of drug-likeness (QED) is 0.599. The van der Waals surface area contributed by atoms with Crippen molar-refractivity contribution in [2.24, 2.45) is 0 Å². The van der Waals surface area contributed by atoms with Crippen LogP contribution in [-0.4, -0.2) is 40.2 Å². The number of hydrogen-bond acceptors (Lipinski definition) is 2. The van der Waals surface area contributed by atoms with E-state index in [0.29, 0.717) is 0 Å². The highest BCUT2D eigenvalue weighted by Crippen LogP contribution is 2.52. The smallest absolute Gasteiger partial charge is 0.363 e. The Morgan fingerprint density at radius 1 is 0.750 bits per heavy atom. The Bertz CT molecular complexity index is 256. The Morgan fingerprint density at radius 2 is 1.06 bits per heavy atom. The Labute approximate surface area is 83.5 Å². The van der Waals surface area contributed by atoms with Gasteiger partial charge < -0.3 is 10.2 Å². The van der Waals surface area contributed by atoms with Crippen LogP contribution < -0.4 is 0 Å². The van der Waals surface area contributed by atoms with Crippen LogP contribution in [0.25, 0.3) is 0 Å². The molecule has 0 fully saturated rings. The first-order valence-corrected chi connectivity index (χ1v) is 3.57. The summed E-state index contributed by atoms with van der Waals surface area (Å²) >= 11 is 0. The van der Waals surface area contributed by atoms with Crippen molar-refractivity contribution in [3.8, 4) is 0 Å². The maximum absolute atomic E-state index is 12.4. The zero-order valence-corrected chi connectivity index (χ0v) is 7.50. The third kappa shape index (κ3) is 1.95. The molecule has 2 N–H and O–H groups in total. The predicted molar refractivity (Wildman–Crippen MR) is 33.7 cm³/mol. The predicted octanol–water partition coefficient (Wildman–Crippen LogP) is 1.86. The third-order valence-electron chi connectivity index (χ3n) is 1.69. The van der Waals surface area contributed by atoms with Gasteiger partial charge in [0.25, 0.3) is 0 Å². The zero-order valence-electron chi connectivity index (χ0n) is 7.50. The molecule has 0 aliphatic heterocycles. The van der Waals surface area contributed by atoms with Crippen LogP contribution in [0.2, 0.25) is 0 Å². The van der Waals surface area contributed by atoms with Crippen molar-refractivity contribution < 1.29 is 45.3 Å². The lowest BCUT2D eigenvalue weighted by atomic mass is 9.99. The first-order chi connectivity index (χ1) is 6.69. The monoisotopic (exact) mass is 262 g/mol. The van der Waals surface area contributed by atoms with Crippen LogP contribution in [0.4, 0.5) is 35.1 Å². The van der Waals surface area contributed by atoms with Gasteiger partial charge in [-0.05, 0) is 0 Å². The van der Waals surface area contributed by atoms with Crippen molar-refractivity contribution >= 4 is 0 Å². The average molecular weight is 262 g/mol. The standard InChI is InChI=1S/C6H6F8O2/c1-3(7,8)5(11,12)6(13,14)4(9,10)2(15)16/h2,15-16H,1H3. The van der Waals surface area contributed by atoms with Crippen molar-refractivity contribution in [2.45, 2.75) is 36.9 Å². The molecule has 0 rings (SSSR count). The average Bonchev–Trinajstić information content (AvgIpc) is 2.00. The van der Waals surface area contributed by atoms with E-state index in [1.807, 2.05) is 0 Å². The van der Waals surface area contributed by atoms with E-state index in [1.165, 1.54) is 0 Å². The summed E-state index contributed by atoms with van der Waals surface area (Å²) < 4.78 is 98.3. The summed E-state index contributed by atoms with van der Waals surface area (Å²) in [5, 5.41) is 15.6. The number of halogens is 8. The molecule has 0 unspecified atom stereocenters. The number of aliphatic hydroxyl groups is 2.